The van der Waals surface area contributed by atoms with Crippen LogP contribution in [0.5, 0.6) is 5.75 Å². The summed E-state index contributed by atoms with van der Waals surface area (Å²) in [6.45, 7) is 6.99. The molecule has 1 atom stereocenters. The van der Waals surface area contributed by atoms with Crippen molar-refractivity contribution >= 4 is 17.8 Å². The lowest BCUT2D eigenvalue weighted by molar-refractivity contribution is -0.152. The van der Waals surface area contributed by atoms with E-state index in [0.29, 0.717) is 25.4 Å². The van der Waals surface area contributed by atoms with Gasteiger partial charge in [-0.2, -0.15) is 0 Å². The Morgan fingerprint density at radius 1 is 1.00 bits per heavy atom. The highest BCUT2D eigenvalue weighted by atomic mass is 16.5. The topological polar surface area (TPSA) is 84.9 Å². The molecule has 1 N–H and O–H groups in total. The third-order valence-corrected chi connectivity index (χ3v) is 6.47. The van der Waals surface area contributed by atoms with Gasteiger partial charge in [0.15, 0.2) is 6.61 Å². The minimum atomic E-state index is -0.862. The molecule has 1 aromatic rings. The van der Waals surface area contributed by atoms with Crippen LogP contribution >= 0.6 is 0 Å². The first-order valence-corrected chi connectivity index (χ1v) is 13.3. The monoisotopic (exact) mass is 488 g/mol. The van der Waals surface area contributed by atoms with Gasteiger partial charge in [0, 0.05) is 13.1 Å². The van der Waals surface area contributed by atoms with E-state index < -0.39 is 12.0 Å². The highest BCUT2D eigenvalue weighted by Gasteiger charge is 2.35. The summed E-state index contributed by atoms with van der Waals surface area (Å²) in [6, 6.07) is 4.94. The second kappa shape index (κ2) is 16.2. The molecule has 1 unspecified atom stereocenters. The van der Waals surface area contributed by atoms with Gasteiger partial charge in [0.2, 0.25) is 5.91 Å². The molecule has 0 aliphatic carbocycles. The predicted molar refractivity (Wildman–Crippen MR) is 137 cm³/mol. The van der Waals surface area contributed by atoms with E-state index in [-0.39, 0.29) is 24.8 Å². The van der Waals surface area contributed by atoms with Gasteiger partial charge in [-0.05, 0) is 37.5 Å². The maximum Gasteiger partial charge on any atom is 0.308 e. The summed E-state index contributed by atoms with van der Waals surface area (Å²) in [5.74, 6) is -0.441. The average Bonchev–Trinajstić information content (AvgIpc) is 2.84. The molecule has 7 heteroatoms. The number of amides is 2. The third-order valence-electron chi connectivity index (χ3n) is 6.47. The molecule has 35 heavy (non-hydrogen) atoms. The normalized spacial score (nSPS) is 15.6. The molecule has 1 aliphatic heterocycles. The minimum absolute atomic E-state index is 0.140. The minimum Gasteiger partial charge on any atom is -0.483 e. The Labute approximate surface area is 210 Å². The molecular formula is C28H44N2O5. The second-order valence-corrected chi connectivity index (χ2v) is 9.56. The maximum absolute atomic E-state index is 12.8. The fourth-order valence-electron chi connectivity index (χ4n) is 4.29. The fourth-order valence-corrected chi connectivity index (χ4v) is 4.29. The summed E-state index contributed by atoms with van der Waals surface area (Å²) in [6.07, 6.45) is 12.0. The van der Waals surface area contributed by atoms with Gasteiger partial charge in [-0.3, -0.25) is 14.4 Å². The Bertz CT molecular complexity index is 811. The maximum atomic E-state index is 12.8. The van der Waals surface area contributed by atoms with Crippen molar-refractivity contribution < 1.29 is 23.9 Å². The number of nitrogens with one attached hydrogen (secondary N) is 1. The molecule has 2 rings (SSSR count). The van der Waals surface area contributed by atoms with Crippen LogP contribution in [0.2, 0.25) is 0 Å². The van der Waals surface area contributed by atoms with Crippen LogP contribution < -0.4 is 10.1 Å². The number of ether oxygens (including phenoxy) is 2. The SMILES string of the molecule is CCCCCCCCCCCCOC(=O)CC1C(=O)NCCN1C(=O)COc1cc(C)ccc1C. The lowest BCUT2D eigenvalue weighted by atomic mass is 10.1. The van der Waals surface area contributed by atoms with Crippen molar-refractivity contribution in [2.75, 3.05) is 26.3 Å². The number of aryl methyl sites for hydroxylation is 2. The van der Waals surface area contributed by atoms with E-state index in [2.05, 4.69) is 12.2 Å². The van der Waals surface area contributed by atoms with Gasteiger partial charge < -0.3 is 19.7 Å². The van der Waals surface area contributed by atoms with Crippen molar-refractivity contribution in [3.8, 4) is 5.75 Å². The Balaban J connectivity index is 1.69. The van der Waals surface area contributed by atoms with E-state index in [9.17, 15) is 14.4 Å². The summed E-state index contributed by atoms with van der Waals surface area (Å²) in [7, 11) is 0. The molecule has 0 bridgehead atoms. The quantitative estimate of drug-likeness (QED) is 0.265. The zero-order valence-electron chi connectivity index (χ0n) is 21.9. The first kappa shape index (κ1) is 28.7. The smallest absolute Gasteiger partial charge is 0.308 e. The Morgan fingerprint density at radius 2 is 1.66 bits per heavy atom. The largest absolute Gasteiger partial charge is 0.483 e. The van der Waals surface area contributed by atoms with Crippen LogP contribution in [0.4, 0.5) is 0 Å². The fraction of sp³-hybridized carbons (Fsp3) is 0.679. The molecule has 0 spiro atoms. The Morgan fingerprint density at radius 3 is 2.34 bits per heavy atom. The van der Waals surface area contributed by atoms with Crippen LogP contribution in [0.1, 0.15) is 88.7 Å². The highest BCUT2D eigenvalue weighted by molar-refractivity contribution is 5.92. The molecule has 1 heterocycles. The van der Waals surface area contributed by atoms with E-state index in [4.69, 9.17) is 9.47 Å². The number of nitrogens with zero attached hydrogens (tertiary/aromatic N) is 1. The molecule has 0 radical (unpaired) electrons. The third kappa shape index (κ3) is 10.7. The Kier molecular flexibility index (Phi) is 13.2. The molecule has 1 aromatic carbocycles. The first-order chi connectivity index (χ1) is 16.9. The van der Waals surface area contributed by atoms with Crippen LogP contribution in [0, 0.1) is 13.8 Å². The van der Waals surface area contributed by atoms with Crippen molar-refractivity contribution in [1.82, 2.24) is 10.2 Å². The van der Waals surface area contributed by atoms with Crippen LogP contribution in [-0.4, -0.2) is 55.0 Å². The van der Waals surface area contributed by atoms with Gasteiger partial charge in [0.05, 0.1) is 13.0 Å². The summed E-state index contributed by atoms with van der Waals surface area (Å²) >= 11 is 0. The lowest BCUT2D eigenvalue weighted by Crippen LogP contribution is -2.58. The molecule has 7 nitrogen and oxygen atoms in total. The van der Waals surface area contributed by atoms with Crippen molar-refractivity contribution in [2.24, 2.45) is 0 Å². The number of carbonyl (C=O) groups is 3. The van der Waals surface area contributed by atoms with E-state index in [0.717, 1.165) is 30.4 Å². The molecule has 196 valence electrons. The number of hydrogen-bond acceptors (Lipinski definition) is 5. The van der Waals surface area contributed by atoms with Gasteiger partial charge in [-0.1, -0.05) is 76.8 Å². The van der Waals surface area contributed by atoms with E-state index in [1.807, 2.05) is 32.0 Å². The van der Waals surface area contributed by atoms with Crippen LogP contribution in [0.25, 0.3) is 0 Å². The molecule has 1 fully saturated rings. The summed E-state index contributed by atoms with van der Waals surface area (Å²) in [5, 5.41) is 2.74. The number of hydrogen-bond donors (Lipinski definition) is 1. The van der Waals surface area contributed by atoms with Gasteiger partial charge in [-0.15, -0.1) is 0 Å². The second-order valence-electron chi connectivity index (χ2n) is 9.56. The van der Waals surface area contributed by atoms with Crippen molar-refractivity contribution in [1.29, 1.82) is 0 Å². The molecular weight excluding hydrogens is 444 g/mol. The number of rotatable bonds is 16. The standard InChI is InChI=1S/C28H44N2O5/c1-4-5-6-7-8-9-10-11-12-13-18-34-27(32)20-24-28(33)29-16-17-30(24)26(31)21-35-25-19-22(2)14-15-23(25)3/h14-15,19,24H,4-13,16-18,20-21H2,1-3H3,(H,29,33). The van der Waals surface area contributed by atoms with Crippen LogP contribution in [0.3, 0.4) is 0 Å². The summed E-state index contributed by atoms with van der Waals surface area (Å²) in [4.78, 5) is 39.1. The van der Waals surface area contributed by atoms with Crippen molar-refractivity contribution in [3.63, 3.8) is 0 Å². The zero-order valence-corrected chi connectivity index (χ0v) is 21.9. The summed E-state index contributed by atoms with van der Waals surface area (Å²) in [5.41, 5.74) is 1.98. The molecule has 0 aromatic heterocycles. The zero-order chi connectivity index (χ0) is 25.5. The van der Waals surface area contributed by atoms with Crippen LogP contribution in [0.15, 0.2) is 18.2 Å². The van der Waals surface area contributed by atoms with Gasteiger partial charge in [0.1, 0.15) is 11.8 Å². The van der Waals surface area contributed by atoms with E-state index >= 15 is 0 Å². The number of carbonyl (C=O) groups excluding carboxylic acids is 3. The molecule has 1 saturated heterocycles. The van der Waals surface area contributed by atoms with Crippen molar-refractivity contribution in [2.45, 2.75) is 97.4 Å². The predicted octanol–water partition coefficient (Wildman–Crippen LogP) is 4.86. The molecule has 1 aliphatic rings. The van der Waals surface area contributed by atoms with E-state index in [1.54, 1.807) is 0 Å². The first-order valence-electron chi connectivity index (χ1n) is 13.3. The Hall–Kier alpha value is -2.57. The molecule has 2 amide bonds. The number of benzene rings is 1. The van der Waals surface area contributed by atoms with Gasteiger partial charge >= 0.3 is 5.97 Å². The highest BCUT2D eigenvalue weighted by Crippen LogP contribution is 2.20. The number of unbranched alkanes of at least 4 members (excludes halogenated alkanes) is 9. The van der Waals surface area contributed by atoms with E-state index in [1.165, 1.54) is 49.8 Å². The van der Waals surface area contributed by atoms with Gasteiger partial charge in [0.25, 0.3) is 5.91 Å². The summed E-state index contributed by atoms with van der Waals surface area (Å²) < 4.78 is 11.1. The average molecular weight is 489 g/mol. The van der Waals surface area contributed by atoms with Crippen LogP contribution in [-0.2, 0) is 19.1 Å². The number of esters is 1. The lowest BCUT2D eigenvalue weighted by Gasteiger charge is -2.34. The van der Waals surface area contributed by atoms with Crippen molar-refractivity contribution in [3.05, 3.63) is 29.3 Å². The number of piperazine rings is 1. The molecule has 0 saturated carbocycles. The van der Waals surface area contributed by atoms with Gasteiger partial charge in [-0.25, -0.2) is 0 Å².